The Morgan fingerprint density at radius 1 is 1.40 bits per heavy atom. The lowest BCUT2D eigenvalue weighted by Crippen LogP contribution is -2.53. The molecule has 0 radical (unpaired) electrons. The fraction of sp³-hybridized carbons (Fsp3) is 0.769. The van der Waals surface area contributed by atoms with Crippen LogP contribution in [0.5, 0.6) is 0 Å². The van der Waals surface area contributed by atoms with Gasteiger partial charge in [-0.1, -0.05) is 0 Å². The van der Waals surface area contributed by atoms with Gasteiger partial charge in [-0.25, -0.2) is 4.79 Å². The molecule has 1 saturated heterocycles. The molecule has 114 valence electrons. The van der Waals surface area contributed by atoms with Crippen LogP contribution in [0.1, 0.15) is 26.7 Å². The Morgan fingerprint density at radius 3 is 2.60 bits per heavy atom. The van der Waals surface area contributed by atoms with Crippen molar-refractivity contribution in [1.82, 2.24) is 15.1 Å². The molecule has 0 aliphatic carbocycles. The van der Waals surface area contributed by atoms with E-state index in [1.807, 2.05) is 6.92 Å². The molecule has 20 heavy (non-hydrogen) atoms. The number of likely N-dealkylation sites (tertiary alicyclic amines) is 1. The van der Waals surface area contributed by atoms with Gasteiger partial charge < -0.3 is 20.2 Å². The number of nitrogens with zero attached hydrogens (tertiary/aromatic N) is 2. The number of nitrogens with one attached hydrogen (secondary N) is 1. The number of carboxylic acids is 1. The lowest BCUT2D eigenvalue weighted by atomic mass is 9.82. The van der Waals surface area contributed by atoms with Crippen LogP contribution in [-0.4, -0.2) is 66.0 Å². The largest absolute Gasteiger partial charge is 0.481 e. The first kappa shape index (κ1) is 16.3. The highest BCUT2D eigenvalue weighted by Crippen LogP contribution is 2.30. The highest BCUT2D eigenvalue weighted by Gasteiger charge is 2.40. The van der Waals surface area contributed by atoms with Gasteiger partial charge in [0.15, 0.2) is 0 Å². The summed E-state index contributed by atoms with van der Waals surface area (Å²) in [4.78, 5) is 37.8. The van der Waals surface area contributed by atoms with Crippen LogP contribution in [0.15, 0.2) is 0 Å². The van der Waals surface area contributed by atoms with Crippen LogP contribution in [-0.2, 0) is 9.59 Å². The number of carbonyl (C=O) groups excluding carboxylic acids is 2. The third kappa shape index (κ3) is 3.85. The average Bonchev–Trinajstić information content (AvgIpc) is 2.37. The van der Waals surface area contributed by atoms with Crippen LogP contribution in [0.4, 0.5) is 4.79 Å². The molecule has 1 heterocycles. The van der Waals surface area contributed by atoms with Crippen molar-refractivity contribution in [2.75, 3.05) is 33.2 Å². The van der Waals surface area contributed by atoms with Gasteiger partial charge in [-0.2, -0.15) is 0 Å². The molecule has 1 aliphatic rings. The van der Waals surface area contributed by atoms with Gasteiger partial charge in [0, 0.05) is 26.7 Å². The van der Waals surface area contributed by atoms with Crippen molar-refractivity contribution in [3.8, 4) is 0 Å². The normalized spacial score (nSPS) is 22.2. The molecule has 0 aromatic heterocycles. The molecule has 0 aromatic rings. The number of amides is 3. The zero-order valence-corrected chi connectivity index (χ0v) is 12.3. The fourth-order valence-corrected chi connectivity index (χ4v) is 2.35. The molecule has 1 unspecified atom stereocenters. The Hall–Kier alpha value is -1.79. The molecule has 3 amide bonds. The molecule has 0 aromatic carbocycles. The van der Waals surface area contributed by atoms with E-state index >= 15 is 0 Å². The Labute approximate surface area is 118 Å². The molecule has 1 aliphatic heterocycles. The monoisotopic (exact) mass is 285 g/mol. The zero-order chi connectivity index (χ0) is 15.3. The van der Waals surface area contributed by atoms with Crippen LogP contribution in [0.3, 0.4) is 0 Å². The fourth-order valence-electron chi connectivity index (χ4n) is 2.35. The summed E-state index contributed by atoms with van der Waals surface area (Å²) in [5, 5.41) is 11.9. The quantitative estimate of drug-likeness (QED) is 0.780. The molecule has 0 saturated carbocycles. The zero-order valence-electron chi connectivity index (χ0n) is 12.3. The second-order valence-electron chi connectivity index (χ2n) is 5.48. The summed E-state index contributed by atoms with van der Waals surface area (Å²) in [5.74, 6) is -1.11. The number of rotatable bonds is 4. The van der Waals surface area contributed by atoms with Gasteiger partial charge in [0.05, 0.1) is 5.41 Å². The minimum absolute atomic E-state index is 0.0209. The summed E-state index contributed by atoms with van der Waals surface area (Å²) < 4.78 is 0. The first-order valence-electron chi connectivity index (χ1n) is 6.80. The van der Waals surface area contributed by atoms with E-state index in [9.17, 15) is 19.5 Å². The smallest absolute Gasteiger partial charge is 0.320 e. The Morgan fingerprint density at radius 2 is 2.05 bits per heavy atom. The van der Waals surface area contributed by atoms with E-state index in [2.05, 4.69) is 5.32 Å². The molecule has 7 nitrogen and oxygen atoms in total. The topological polar surface area (TPSA) is 90.0 Å². The van der Waals surface area contributed by atoms with Gasteiger partial charge in [0.25, 0.3) is 0 Å². The Kier molecular flexibility index (Phi) is 5.35. The van der Waals surface area contributed by atoms with Crippen molar-refractivity contribution in [2.45, 2.75) is 26.7 Å². The van der Waals surface area contributed by atoms with E-state index in [1.165, 1.54) is 9.80 Å². The number of hydrogen-bond donors (Lipinski definition) is 2. The molecule has 0 spiro atoms. The van der Waals surface area contributed by atoms with Crippen molar-refractivity contribution in [2.24, 2.45) is 5.41 Å². The second-order valence-corrected chi connectivity index (χ2v) is 5.48. The summed E-state index contributed by atoms with van der Waals surface area (Å²) >= 11 is 0. The third-order valence-corrected chi connectivity index (χ3v) is 3.56. The highest BCUT2D eigenvalue weighted by atomic mass is 16.4. The first-order valence-corrected chi connectivity index (χ1v) is 6.80. The molecule has 7 heteroatoms. The van der Waals surface area contributed by atoms with Gasteiger partial charge in [-0.15, -0.1) is 0 Å². The summed E-state index contributed by atoms with van der Waals surface area (Å²) in [7, 11) is 1.55. The lowest BCUT2D eigenvalue weighted by molar-refractivity contribution is -0.150. The molecule has 0 bridgehead atoms. The van der Waals surface area contributed by atoms with E-state index in [-0.39, 0.29) is 25.0 Å². The van der Waals surface area contributed by atoms with Crippen LogP contribution < -0.4 is 5.32 Å². The van der Waals surface area contributed by atoms with E-state index in [0.29, 0.717) is 25.9 Å². The third-order valence-electron chi connectivity index (χ3n) is 3.56. The minimum atomic E-state index is -0.902. The molecule has 1 atom stereocenters. The van der Waals surface area contributed by atoms with Crippen molar-refractivity contribution in [3.05, 3.63) is 0 Å². The molecule has 1 fully saturated rings. The first-order chi connectivity index (χ1) is 9.30. The van der Waals surface area contributed by atoms with Crippen LogP contribution in [0.25, 0.3) is 0 Å². The van der Waals surface area contributed by atoms with Gasteiger partial charge >= 0.3 is 12.0 Å². The van der Waals surface area contributed by atoms with Crippen molar-refractivity contribution >= 4 is 17.9 Å². The van der Waals surface area contributed by atoms with Crippen molar-refractivity contribution in [1.29, 1.82) is 0 Å². The number of carbonyl (C=O) groups is 3. The second kappa shape index (κ2) is 6.58. The summed E-state index contributed by atoms with van der Waals surface area (Å²) in [6.07, 6.45) is 1.22. The number of likely N-dealkylation sites (N-methyl/N-ethyl adjacent to an activating group) is 2. The maximum Gasteiger partial charge on any atom is 0.320 e. The van der Waals surface area contributed by atoms with Gasteiger partial charge in [0.1, 0.15) is 6.54 Å². The van der Waals surface area contributed by atoms with E-state index in [4.69, 9.17) is 0 Å². The average molecular weight is 285 g/mol. The molecule has 1 rings (SSSR count). The number of urea groups is 1. The van der Waals surface area contributed by atoms with Crippen LogP contribution in [0.2, 0.25) is 0 Å². The Balaban J connectivity index is 2.62. The van der Waals surface area contributed by atoms with Gasteiger partial charge in [0.2, 0.25) is 5.91 Å². The molecular weight excluding hydrogens is 262 g/mol. The summed E-state index contributed by atoms with van der Waals surface area (Å²) in [6.45, 7) is 4.66. The number of carboxylic acid groups (broad SMARTS) is 1. The predicted octanol–water partition coefficient (Wildman–Crippen LogP) is 0.361. The summed E-state index contributed by atoms with van der Waals surface area (Å²) in [6, 6.07) is -0.302. The Bertz CT molecular complexity index is 399. The van der Waals surface area contributed by atoms with E-state index < -0.39 is 11.4 Å². The van der Waals surface area contributed by atoms with E-state index in [0.717, 1.165) is 0 Å². The number of hydrogen-bond acceptors (Lipinski definition) is 3. The van der Waals surface area contributed by atoms with Gasteiger partial charge in [-0.3, -0.25) is 9.59 Å². The van der Waals surface area contributed by atoms with Crippen LogP contribution in [0, 0.1) is 5.41 Å². The van der Waals surface area contributed by atoms with Crippen molar-refractivity contribution in [3.63, 3.8) is 0 Å². The predicted molar refractivity (Wildman–Crippen MR) is 73.3 cm³/mol. The van der Waals surface area contributed by atoms with Crippen molar-refractivity contribution < 1.29 is 19.5 Å². The van der Waals surface area contributed by atoms with Crippen LogP contribution >= 0.6 is 0 Å². The lowest BCUT2D eigenvalue weighted by Gasteiger charge is -2.39. The maximum atomic E-state index is 12.2. The number of aliphatic carboxylic acids is 1. The summed E-state index contributed by atoms with van der Waals surface area (Å²) in [5.41, 5.74) is -0.902. The standard InChI is InChI=1S/C13H23N3O4/c1-4-14-10(17)8-15(3)12(20)16-7-5-6-13(2,9-16)11(18)19/h4-9H2,1-3H3,(H,14,17)(H,18,19). The van der Waals surface area contributed by atoms with E-state index in [1.54, 1.807) is 14.0 Å². The van der Waals surface area contributed by atoms with Gasteiger partial charge in [-0.05, 0) is 26.7 Å². The molecular formula is C13H23N3O4. The maximum absolute atomic E-state index is 12.2. The highest BCUT2D eigenvalue weighted by molar-refractivity contribution is 5.84. The molecule has 2 N–H and O–H groups in total. The SMILES string of the molecule is CCNC(=O)CN(C)C(=O)N1CCCC(C)(C(=O)O)C1. The number of piperidine rings is 1. The minimum Gasteiger partial charge on any atom is -0.481 e.